The van der Waals surface area contributed by atoms with Gasteiger partial charge in [0.25, 0.3) is 0 Å². The summed E-state index contributed by atoms with van der Waals surface area (Å²) in [7, 11) is 0. The lowest BCUT2D eigenvalue weighted by atomic mass is 9.84. The van der Waals surface area contributed by atoms with Crippen LogP contribution < -0.4 is 11.1 Å². The summed E-state index contributed by atoms with van der Waals surface area (Å²) in [6.45, 7) is 18.8. The van der Waals surface area contributed by atoms with E-state index in [1.807, 2.05) is 0 Å². The molecule has 0 saturated carbocycles. The molecule has 0 aliphatic heterocycles. The van der Waals surface area contributed by atoms with Gasteiger partial charge in [-0.2, -0.15) is 0 Å². The van der Waals surface area contributed by atoms with Gasteiger partial charge in [0.1, 0.15) is 28.9 Å². The fourth-order valence-electron chi connectivity index (χ4n) is 2.73. The number of nitrogens with one attached hydrogen (secondary N) is 1. The third-order valence-electron chi connectivity index (χ3n) is 4.11. The van der Waals surface area contributed by atoms with Gasteiger partial charge >= 0.3 is 17.9 Å². The maximum atomic E-state index is 13.0. The molecule has 0 rings (SSSR count). The van der Waals surface area contributed by atoms with E-state index in [1.165, 1.54) is 0 Å². The molecule has 3 N–H and O–H groups in total. The Labute approximate surface area is 198 Å². The van der Waals surface area contributed by atoms with Gasteiger partial charge in [-0.05, 0) is 75.2 Å². The minimum atomic E-state index is -1.09. The molecule has 0 saturated heterocycles. The highest BCUT2D eigenvalue weighted by molar-refractivity contribution is 5.88. The number of esters is 3. The standard InChI is InChI=1S/C24H44N2O7/c1-21(2,3)31-17(27)13-12-16(19(29)33-23(7,8)9)26-20(30)24(10,11)14-15(25)18(28)32-22(4,5)6/h15-16H,12-14,25H2,1-11H3,(H,26,30)/t15-,16-/m0/s1. The zero-order valence-electron chi connectivity index (χ0n) is 22.2. The topological polar surface area (TPSA) is 134 Å². The van der Waals surface area contributed by atoms with Crippen molar-refractivity contribution in [2.45, 2.75) is 124 Å². The molecule has 33 heavy (non-hydrogen) atoms. The molecule has 0 aliphatic carbocycles. The number of carbonyl (C=O) groups excluding carboxylic acids is 4. The van der Waals surface area contributed by atoms with Crippen molar-refractivity contribution in [2.24, 2.45) is 11.1 Å². The molecule has 0 unspecified atom stereocenters. The molecule has 9 heteroatoms. The first kappa shape index (κ1) is 30.8. The van der Waals surface area contributed by atoms with Crippen molar-refractivity contribution in [3.8, 4) is 0 Å². The lowest BCUT2D eigenvalue weighted by Gasteiger charge is -2.30. The number of amides is 1. The van der Waals surface area contributed by atoms with Crippen LogP contribution in [0.5, 0.6) is 0 Å². The Morgan fingerprint density at radius 1 is 0.727 bits per heavy atom. The van der Waals surface area contributed by atoms with Gasteiger partial charge in [-0.15, -0.1) is 0 Å². The predicted octanol–water partition coefficient (Wildman–Crippen LogP) is 3.02. The first-order valence-corrected chi connectivity index (χ1v) is 11.3. The highest BCUT2D eigenvalue weighted by Gasteiger charge is 2.37. The third kappa shape index (κ3) is 13.9. The van der Waals surface area contributed by atoms with E-state index in [9.17, 15) is 19.2 Å². The number of hydrogen-bond donors (Lipinski definition) is 2. The summed E-state index contributed by atoms with van der Waals surface area (Å²) >= 11 is 0. The van der Waals surface area contributed by atoms with Crippen LogP contribution in [-0.2, 0) is 33.4 Å². The van der Waals surface area contributed by atoms with Crippen molar-refractivity contribution in [1.82, 2.24) is 5.32 Å². The van der Waals surface area contributed by atoms with Gasteiger partial charge in [0, 0.05) is 11.8 Å². The molecule has 2 atom stereocenters. The molecule has 0 radical (unpaired) electrons. The molecular weight excluding hydrogens is 428 g/mol. The average Bonchev–Trinajstić information content (AvgIpc) is 2.52. The van der Waals surface area contributed by atoms with E-state index >= 15 is 0 Å². The van der Waals surface area contributed by atoms with Crippen LogP contribution in [0.1, 0.15) is 95.4 Å². The average molecular weight is 473 g/mol. The van der Waals surface area contributed by atoms with Crippen molar-refractivity contribution in [2.75, 3.05) is 0 Å². The van der Waals surface area contributed by atoms with Gasteiger partial charge in [-0.25, -0.2) is 4.79 Å². The van der Waals surface area contributed by atoms with Crippen LogP contribution in [0, 0.1) is 5.41 Å². The molecule has 9 nitrogen and oxygen atoms in total. The summed E-state index contributed by atoms with van der Waals surface area (Å²) in [5.74, 6) is -2.26. The molecule has 0 aromatic carbocycles. The van der Waals surface area contributed by atoms with Crippen LogP contribution >= 0.6 is 0 Å². The third-order valence-corrected chi connectivity index (χ3v) is 4.11. The van der Waals surface area contributed by atoms with Crippen LogP contribution in [0.25, 0.3) is 0 Å². The smallest absolute Gasteiger partial charge is 0.329 e. The molecule has 0 spiro atoms. The van der Waals surface area contributed by atoms with E-state index in [4.69, 9.17) is 19.9 Å². The fraction of sp³-hybridized carbons (Fsp3) is 0.833. The summed E-state index contributed by atoms with van der Waals surface area (Å²) < 4.78 is 16.0. The summed E-state index contributed by atoms with van der Waals surface area (Å²) in [6.07, 6.45) is -0.0794. The Balaban J connectivity index is 5.37. The SMILES string of the molecule is CC(C)(C)OC(=O)CC[C@H](NC(=O)C(C)(C)C[C@H](N)C(=O)OC(C)(C)C)C(=O)OC(C)(C)C. The van der Waals surface area contributed by atoms with Gasteiger partial charge in [0.05, 0.1) is 0 Å². The highest BCUT2D eigenvalue weighted by Crippen LogP contribution is 2.24. The molecule has 0 heterocycles. The van der Waals surface area contributed by atoms with Gasteiger partial charge in [-0.1, -0.05) is 13.8 Å². The Bertz CT molecular complexity index is 710. The number of nitrogens with two attached hydrogens (primary N) is 1. The molecule has 1 amide bonds. The van der Waals surface area contributed by atoms with E-state index in [2.05, 4.69) is 5.32 Å². The molecular formula is C24H44N2O7. The van der Waals surface area contributed by atoms with E-state index in [0.29, 0.717) is 0 Å². The van der Waals surface area contributed by atoms with Gasteiger partial charge < -0.3 is 25.3 Å². The van der Waals surface area contributed by atoms with Gasteiger partial charge in [0.2, 0.25) is 5.91 Å². The van der Waals surface area contributed by atoms with Gasteiger partial charge in [0.15, 0.2) is 0 Å². The molecule has 0 aromatic heterocycles. The largest absolute Gasteiger partial charge is 0.460 e. The molecule has 0 aromatic rings. The van der Waals surface area contributed by atoms with Crippen LogP contribution in [0.15, 0.2) is 0 Å². The Morgan fingerprint density at radius 3 is 1.58 bits per heavy atom. The second kappa shape index (κ2) is 11.3. The number of rotatable bonds is 9. The molecule has 0 bridgehead atoms. The van der Waals surface area contributed by atoms with E-state index in [0.717, 1.165) is 0 Å². The normalized spacial score (nSPS) is 14.7. The van der Waals surface area contributed by atoms with E-state index in [1.54, 1.807) is 76.2 Å². The maximum absolute atomic E-state index is 13.0. The number of carbonyl (C=O) groups is 4. The summed E-state index contributed by atoms with van der Waals surface area (Å²) in [5, 5.41) is 2.66. The van der Waals surface area contributed by atoms with Crippen molar-refractivity contribution in [1.29, 1.82) is 0 Å². The van der Waals surface area contributed by atoms with Crippen molar-refractivity contribution >= 4 is 23.8 Å². The lowest BCUT2D eigenvalue weighted by molar-refractivity contribution is -0.162. The van der Waals surface area contributed by atoms with Crippen LogP contribution in [0.3, 0.4) is 0 Å². The zero-order chi connectivity index (χ0) is 26.4. The maximum Gasteiger partial charge on any atom is 0.329 e. The molecule has 0 fully saturated rings. The minimum Gasteiger partial charge on any atom is -0.460 e. The van der Waals surface area contributed by atoms with E-state index < -0.39 is 58.1 Å². The van der Waals surface area contributed by atoms with Crippen LogP contribution in [0.4, 0.5) is 0 Å². The quantitative estimate of drug-likeness (QED) is 0.386. The predicted molar refractivity (Wildman–Crippen MR) is 125 cm³/mol. The van der Waals surface area contributed by atoms with Crippen LogP contribution in [-0.4, -0.2) is 52.7 Å². The number of ether oxygens (including phenoxy) is 3. The van der Waals surface area contributed by atoms with Crippen molar-refractivity contribution in [3.63, 3.8) is 0 Å². The lowest BCUT2D eigenvalue weighted by Crippen LogP contribution is -2.51. The monoisotopic (exact) mass is 472 g/mol. The Kier molecular flexibility index (Phi) is 10.6. The number of hydrogen-bond acceptors (Lipinski definition) is 8. The Morgan fingerprint density at radius 2 is 1.15 bits per heavy atom. The zero-order valence-corrected chi connectivity index (χ0v) is 22.2. The first-order valence-electron chi connectivity index (χ1n) is 11.3. The van der Waals surface area contributed by atoms with Gasteiger partial charge in [-0.3, -0.25) is 14.4 Å². The van der Waals surface area contributed by atoms with Crippen LogP contribution in [0.2, 0.25) is 0 Å². The molecule has 192 valence electrons. The second-order valence-electron chi connectivity index (χ2n) is 11.9. The minimum absolute atomic E-state index is 0.000844. The summed E-state index contributed by atoms with van der Waals surface area (Å²) in [6, 6.07) is -2.09. The van der Waals surface area contributed by atoms with Crippen molar-refractivity contribution < 1.29 is 33.4 Å². The fourth-order valence-corrected chi connectivity index (χ4v) is 2.73. The highest BCUT2D eigenvalue weighted by atomic mass is 16.6. The van der Waals surface area contributed by atoms with E-state index in [-0.39, 0.29) is 19.3 Å². The summed E-state index contributed by atoms with van der Waals surface area (Å²) in [5.41, 5.74) is 2.73. The summed E-state index contributed by atoms with van der Waals surface area (Å²) in [4.78, 5) is 50.1. The Hall–Kier alpha value is -2.16. The first-order chi connectivity index (χ1) is 14.5. The second-order valence-corrected chi connectivity index (χ2v) is 11.9. The van der Waals surface area contributed by atoms with Crippen molar-refractivity contribution in [3.05, 3.63) is 0 Å². The molecule has 0 aliphatic rings.